The Labute approximate surface area is 67.2 Å². The summed E-state index contributed by atoms with van der Waals surface area (Å²) in [4.78, 5) is 1.45. The van der Waals surface area contributed by atoms with E-state index in [0.717, 1.165) is 11.4 Å². The third-order valence-electron chi connectivity index (χ3n) is 1.96. The number of aromatic nitrogens is 2. The van der Waals surface area contributed by atoms with E-state index in [-0.39, 0.29) is 0 Å². The first-order valence-corrected chi connectivity index (χ1v) is 3.85. The first kappa shape index (κ1) is 8.11. The van der Waals surface area contributed by atoms with Crippen molar-refractivity contribution in [1.29, 1.82) is 0 Å². The van der Waals surface area contributed by atoms with Gasteiger partial charge in [-0.3, -0.25) is 0 Å². The van der Waals surface area contributed by atoms with Gasteiger partial charge in [-0.15, -0.1) is 0 Å². The van der Waals surface area contributed by atoms with Crippen LogP contribution in [0.3, 0.4) is 0 Å². The van der Waals surface area contributed by atoms with Gasteiger partial charge >= 0.3 is 0 Å². The van der Waals surface area contributed by atoms with Crippen molar-refractivity contribution in [2.75, 3.05) is 5.84 Å². The summed E-state index contributed by atoms with van der Waals surface area (Å²) >= 11 is 0. The van der Waals surface area contributed by atoms with Crippen LogP contribution >= 0.6 is 0 Å². The Morgan fingerprint density at radius 2 is 1.91 bits per heavy atom. The van der Waals surface area contributed by atoms with Gasteiger partial charge in [0.1, 0.15) is 0 Å². The van der Waals surface area contributed by atoms with Crippen LogP contribution in [0.2, 0.25) is 0 Å². The van der Waals surface area contributed by atoms with Gasteiger partial charge < -0.3 is 5.84 Å². The molecule has 0 bridgehead atoms. The van der Waals surface area contributed by atoms with Gasteiger partial charge in [-0.25, -0.2) is 0 Å². The fourth-order valence-electron chi connectivity index (χ4n) is 1.51. The van der Waals surface area contributed by atoms with Crippen molar-refractivity contribution in [2.45, 2.75) is 33.6 Å². The monoisotopic (exact) mass is 153 g/mol. The van der Waals surface area contributed by atoms with Crippen LogP contribution in [0, 0.1) is 13.8 Å². The van der Waals surface area contributed by atoms with Crippen molar-refractivity contribution in [3.05, 3.63) is 17.0 Å². The molecule has 0 aliphatic carbocycles. The number of nitrogens with two attached hydrogens (primary N) is 1. The molecule has 2 N–H and O–H groups in total. The Kier molecular flexibility index (Phi) is 1.89. The van der Waals surface area contributed by atoms with Crippen molar-refractivity contribution >= 4 is 0 Å². The fourth-order valence-corrected chi connectivity index (χ4v) is 1.51. The van der Waals surface area contributed by atoms with Crippen LogP contribution in [0.5, 0.6) is 0 Å². The highest BCUT2D eigenvalue weighted by Gasteiger charge is 2.12. The largest absolute Gasteiger partial charge is 0.323 e. The SMILES string of the molecule is Cc1nn(N)c(C)c1C(C)C. The first-order valence-electron chi connectivity index (χ1n) is 3.85. The highest BCUT2D eigenvalue weighted by Crippen LogP contribution is 2.20. The van der Waals surface area contributed by atoms with E-state index in [9.17, 15) is 0 Å². The third kappa shape index (κ3) is 1.23. The van der Waals surface area contributed by atoms with Crippen LogP contribution in [-0.4, -0.2) is 9.89 Å². The molecule has 0 atom stereocenters. The number of hydrogen-bond donors (Lipinski definition) is 1. The molecule has 3 nitrogen and oxygen atoms in total. The second-order valence-electron chi connectivity index (χ2n) is 3.18. The van der Waals surface area contributed by atoms with Gasteiger partial charge in [0.05, 0.1) is 11.4 Å². The van der Waals surface area contributed by atoms with E-state index in [0.29, 0.717) is 5.92 Å². The Hall–Kier alpha value is -0.990. The molecule has 62 valence electrons. The van der Waals surface area contributed by atoms with E-state index in [1.165, 1.54) is 10.4 Å². The zero-order valence-corrected chi connectivity index (χ0v) is 7.55. The average molecular weight is 153 g/mol. The Balaban J connectivity index is 3.22. The Bertz CT molecular complexity index is 261. The van der Waals surface area contributed by atoms with E-state index < -0.39 is 0 Å². The Morgan fingerprint density at radius 3 is 2.09 bits per heavy atom. The standard InChI is InChI=1S/C8H15N3/c1-5(2)8-6(3)10-11(9)7(8)4/h5H,9H2,1-4H3. The van der Waals surface area contributed by atoms with E-state index >= 15 is 0 Å². The van der Waals surface area contributed by atoms with Gasteiger partial charge in [-0.05, 0) is 19.8 Å². The zero-order valence-electron chi connectivity index (χ0n) is 7.55. The lowest BCUT2D eigenvalue weighted by Gasteiger charge is -2.03. The summed E-state index contributed by atoms with van der Waals surface area (Å²) in [5.74, 6) is 6.09. The molecular formula is C8H15N3. The molecule has 0 saturated heterocycles. The maximum atomic E-state index is 5.58. The van der Waals surface area contributed by atoms with Crippen molar-refractivity contribution in [3.8, 4) is 0 Å². The number of nitrogen functional groups attached to an aromatic ring is 1. The van der Waals surface area contributed by atoms with E-state index in [1.807, 2.05) is 13.8 Å². The summed E-state index contributed by atoms with van der Waals surface area (Å²) in [7, 11) is 0. The van der Waals surface area contributed by atoms with Crippen LogP contribution < -0.4 is 5.84 Å². The molecule has 0 aliphatic heterocycles. The molecule has 0 aromatic carbocycles. The lowest BCUT2D eigenvalue weighted by molar-refractivity contribution is 0.783. The molecule has 0 radical (unpaired) electrons. The lowest BCUT2D eigenvalue weighted by atomic mass is 10.0. The molecule has 3 heteroatoms. The van der Waals surface area contributed by atoms with Gasteiger partial charge in [0.2, 0.25) is 0 Å². The van der Waals surface area contributed by atoms with Crippen molar-refractivity contribution in [1.82, 2.24) is 9.89 Å². The summed E-state index contributed by atoms with van der Waals surface area (Å²) in [6.07, 6.45) is 0. The second-order valence-corrected chi connectivity index (χ2v) is 3.18. The summed E-state index contributed by atoms with van der Waals surface area (Å²) in [6, 6.07) is 0. The summed E-state index contributed by atoms with van der Waals surface area (Å²) in [6.45, 7) is 8.29. The van der Waals surface area contributed by atoms with Crippen molar-refractivity contribution in [2.24, 2.45) is 0 Å². The number of nitrogens with zero attached hydrogens (tertiary/aromatic N) is 2. The molecule has 0 amide bonds. The Morgan fingerprint density at radius 1 is 1.36 bits per heavy atom. The molecule has 0 saturated carbocycles. The molecule has 0 fully saturated rings. The quantitative estimate of drug-likeness (QED) is 0.619. The highest BCUT2D eigenvalue weighted by molar-refractivity contribution is 5.27. The normalized spacial score (nSPS) is 11.0. The number of aryl methyl sites for hydroxylation is 1. The maximum absolute atomic E-state index is 5.58. The van der Waals surface area contributed by atoms with Gasteiger partial charge in [0, 0.05) is 5.56 Å². The van der Waals surface area contributed by atoms with Gasteiger partial charge in [-0.1, -0.05) is 13.8 Å². The zero-order chi connectivity index (χ0) is 8.59. The summed E-state index contributed by atoms with van der Waals surface area (Å²) in [5, 5.41) is 4.13. The van der Waals surface area contributed by atoms with Gasteiger partial charge in [0.25, 0.3) is 0 Å². The molecule has 0 unspecified atom stereocenters. The molecule has 1 heterocycles. The van der Waals surface area contributed by atoms with Crippen molar-refractivity contribution < 1.29 is 0 Å². The molecular weight excluding hydrogens is 138 g/mol. The molecule has 1 aromatic rings. The molecule has 11 heavy (non-hydrogen) atoms. The lowest BCUT2D eigenvalue weighted by Crippen LogP contribution is -2.12. The third-order valence-corrected chi connectivity index (χ3v) is 1.96. The smallest absolute Gasteiger partial charge is 0.0651 e. The molecule has 0 aliphatic rings. The predicted octanol–water partition coefficient (Wildman–Crippen LogP) is 1.34. The number of rotatable bonds is 1. The summed E-state index contributed by atoms with van der Waals surface area (Å²) < 4.78 is 0. The summed E-state index contributed by atoms with van der Waals surface area (Å²) in [5.41, 5.74) is 3.38. The van der Waals surface area contributed by atoms with Crippen LogP contribution in [0.25, 0.3) is 0 Å². The van der Waals surface area contributed by atoms with Gasteiger partial charge in [0.15, 0.2) is 0 Å². The maximum Gasteiger partial charge on any atom is 0.0651 e. The van der Waals surface area contributed by atoms with E-state index in [4.69, 9.17) is 5.84 Å². The van der Waals surface area contributed by atoms with E-state index in [2.05, 4.69) is 18.9 Å². The molecule has 1 rings (SSSR count). The highest BCUT2D eigenvalue weighted by atomic mass is 15.5. The minimum absolute atomic E-state index is 0.507. The molecule has 0 spiro atoms. The average Bonchev–Trinajstić information content (AvgIpc) is 2.07. The number of hydrogen-bond acceptors (Lipinski definition) is 2. The predicted molar refractivity (Wildman–Crippen MR) is 45.9 cm³/mol. The molecule has 1 aromatic heterocycles. The van der Waals surface area contributed by atoms with Crippen LogP contribution in [-0.2, 0) is 0 Å². The second kappa shape index (κ2) is 2.57. The van der Waals surface area contributed by atoms with Crippen LogP contribution in [0.4, 0.5) is 0 Å². The van der Waals surface area contributed by atoms with Crippen LogP contribution in [0.1, 0.15) is 36.7 Å². The first-order chi connectivity index (χ1) is 5.04. The topological polar surface area (TPSA) is 43.8 Å². The minimum atomic E-state index is 0.507. The van der Waals surface area contributed by atoms with E-state index in [1.54, 1.807) is 0 Å². The van der Waals surface area contributed by atoms with Crippen LogP contribution in [0.15, 0.2) is 0 Å². The minimum Gasteiger partial charge on any atom is -0.323 e. The fraction of sp³-hybridized carbons (Fsp3) is 0.625. The van der Waals surface area contributed by atoms with Gasteiger partial charge in [-0.2, -0.15) is 9.89 Å². The van der Waals surface area contributed by atoms with Crippen molar-refractivity contribution in [3.63, 3.8) is 0 Å².